The molecule has 3 nitrogen and oxygen atoms in total. The van der Waals surface area contributed by atoms with E-state index in [9.17, 15) is 0 Å². The molecule has 0 aliphatic carbocycles. The fraction of sp³-hybridized carbons (Fsp3) is 0.769. The average Bonchev–Trinajstić information content (AvgIpc) is 2.56. The molecule has 1 aromatic rings. The van der Waals surface area contributed by atoms with E-state index in [1.165, 1.54) is 0 Å². The van der Waals surface area contributed by atoms with Gasteiger partial charge in [-0.2, -0.15) is 0 Å². The van der Waals surface area contributed by atoms with Gasteiger partial charge in [-0.15, -0.1) is 11.6 Å². The number of aryl methyl sites for hydroxylation is 1. The van der Waals surface area contributed by atoms with Crippen molar-refractivity contribution in [3.05, 3.63) is 18.2 Å². The molecule has 1 unspecified atom stereocenters. The van der Waals surface area contributed by atoms with Crippen molar-refractivity contribution in [2.75, 3.05) is 13.1 Å². The van der Waals surface area contributed by atoms with E-state index < -0.39 is 0 Å². The van der Waals surface area contributed by atoms with E-state index in [0.29, 0.717) is 5.41 Å². The third-order valence-electron chi connectivity index (χ3n) is 2.65. The molecule has 1 N–H and O–H groups in total. The third kappa shape index (κ3) is 6.08. The zero-order chi connectivity index (χ0) is 12.9. The van der Waals surface area contributed by atoms with Crippen LogP contribution in [0.3, 0.4) is 0 Å². The van der Waals surface area contributed by atoms with Crippen molar-refractivity contribution < 1.29 is 0 Å². The van der Waals surface area contributed by atoms with Gasteiger partial charge in [0.15, 0.2) is 0 Å². The highest BCUT2D eigenvalue weighted by atomic mass is 35.5. The first-order valence-electron chi connectivity index (χ1n) is 6.19. The van der Waals surface area contributed by atoms with Crippen molar-refractivity contribution in [1.29, 1.82) is 0 Å². The van der Waals surface area contributed by atoms with Crippen molar-refractivity contribution in [2.24, 2.45) is 12.5 Å². The van der Waals surface area contributed by atoms with Gasteiger partial charge >= 0.3 is 0 Å². The number of halogens is 1. The molecule has 0 bridgehead atoms. The molecule has 0 aromatic carbocycles. The van der Waals surface area contributed by atoms with Crippen LogP contribution in [0.4, 0.5) is 0 Å². The summed E-state index contributed by atoms with van der Waals surface area (Å²) in [4.78, 5) is 4.28. The normalized spacial score (nSPS) is 13.9. The summed E-state index contributed by atoms with van der Waals surface area (Å²) in [5.41, 5.74) is 0.299. The van der Waals surface area contributed by atoms with Gasteiger partial charge < -0.3 is 9.88 Å². The molecular formula is C13H24ClN3. The average molecular weight is 258 g/mol. The number of nitrogens with one attached hydrogen (secondary N) is 1. The van der Waals surface area contributed by atoms with Crippen molar-refractivity contribution in [2.45, 2.75) is 39.0 Å². The molecule has 1 rings (SSSR count). The Hall–Kier alpha value is -0.540. The Morgan fingerprint density at radius 2 is 2.18 bits per heavy atom. The Kier molecular flexibility index (Phi) is 5.47. The molecule has 98 valence electrons. The second kappa shape index (κ2) is 6.41. The van der Waals surface area contributed by atoms with Crippen molar-refractivity contribution in [3.8, 4) is 0 Å². The van der Waals surface area contributed by atoms with Crippen LogP contribution in [0.5, 0.6) is 0 Å². The first-order valence-corrected chi connectivity index (χ1v) is 6.63. The molecule has 1 heterocycles. The molecule has 0 amide bonds. The van der Waals surface area contributed by atoms with Crippen LogP contribution in [0, 0.1) is 5.41 Å². The summed E-state index contributed by atoms with van der Waals surface area (Å²) in [5, 5.41) is 3.59. The molecule has 0 spiro atoms. The molecule has 17 heavy (non-hydrogen) atoms. The van der Waals surface area contributed by atoms with Crippen LogP contribution in [0.1, 0.15) is 33.0 Å². The van der Waals surface area contributed by atoms with E-state index in [2.05, 4.69) is 35.6 Å². The number of imidazole rings is 1. The second-order valence-corrected chi connectivity index (χ2v) is 6.39. The quantitative estimate of drug-likeness (QED) is 0.627. The van der Waals surface area contributed by atoms with E-state index in [0.717, 1.165) is 31.8 Å². The predicted molar refractivity (Wildman–Crippen MR) is 73.5 cm³/mol. The fourth-order valence-corrected chi connectivity index (χ4v) is 2.40. The molecular weight excluding hydrogens is 234 g/mol. The molecule has 0 radical (unpaired) electrons. The van der Waals surface area contributed by atoms with Gasteiger partial charge in [0.05, 0.1) is 0 Å². The number of hydrogen-bond acceptors (Lipinski definition) is 2. The molecule has 0 aliphatic heterocycles. The van der Waals surface area contributed by atoms with Gasteiger partial charge in [0.25, 0.3) is 0 Å². The minimum Gasteiger partial charge on any atom is -0.338 e. The lowest BCUT2D eigenvalue weighted by Gasteiger charge is -2.22. The first-order chi connectivity index (χ1) is 7.88. The summed E-state index contributed by atoms with van der Waals surface area (Å²) in [6, 6.07) is 0. The molecule has 0 saturated heterocycles. The van der Waals surface area contributed by atoms with E-state index >= 15 is 0 Å². The van der Waals surface area contributed by atoms with E-state index in [1.807, 2.05) is 19.4 Å². The van der Waals surface area contributed by atoms with Gasteiger partial charge in [-0.3, -0.25) is 0 Å². The molecule has 0 saturated carbocycles. The number of aromatic nitrogens is 2. The fourth-order valence-electron chi connectivity index (χ4n) is 1.83. The molecule has 1 atom stereocenters. The number of alkyl halides is 1. The van der Waals surface area contributed by atoms with Gasteiger partial charge in [-0.05, 0) is 11.8 Å². The highest BCUT2D eigenvalue weighted by Crippen LogP contribution is 2.23. The van der Waals surface area contributed by atoms with Gasteiger partial charge in [0.2, 0.25) is 0 Å². The Labute approximate surface area is 110 Å². The second-order valence-electron chi connectivity index (χ2n) is 5.77. The lowest BCUT2D eigenvalue weighted by molar-refractivity contribution is 0.365. The van der Waals surface area contributed by atoms with Crippen LogP contribution in [-0.4, -0.2) is 28.0 Å². The zero-order valence-corrected chi connectivity index (χ0v) is 12.1. The van der Waals surface area contributed by atoms with Crippen molar-refractivity contribution >= 4 is 11.6 Å². The molecule has 4 heteroatoms. The zero-order valence-electron chi connectivity index (χ0n) is 11.3. The maximum atomic E-state index is 6.27. The summed E-state index contributed by atoms with van der Waals surface area (Å²) in [7, 11) is 2.02. The monoisotopic (exact) mass is 257 g/mol. The van der Waals surface area contributed by atoms with Gasteiger partial charge in [0.1, 0.15) is 5.82 Å². The van der Waals surface area contributed by atoms with Crippen LogP contribution < -0.4 is 5.32 Å². The van der Waals surface area contributed by atoms with E-state index in [-0.39, 0.29) is 5.38 Å². The summed E-state index contributed by atoms with van der Waals surface area (Å²) in [6.45, 7) is 8.45. The maximum absolute atomic E-state index is 6.27. The largest absolute Gasteiger partial charge is 0.338 e. The van der Waals surface area contributed by atoms with Crippen LogP contribution in [-0.2, 0) is 13.5 Å². The number of rotatable bonds is 6. The summed E-state index contributed by atoms with van der Waals surface area (Å²) in [5.74, 6) is 1.11. The molecule has 0 aliphatic rings. The van der Waals surface area contributed by atoms with Crippen LogP contribution >= 0.6 is 11.6 Å². The lowest BCUT2D eigenvalue weighted by atomic mass is 9.90. The van der Waals surface area contributed by atoms with Crippen LogP contribution in [0.2, 0.25) is 0 Å². The summed E-state index contributed by atoms with van der Waals surface area (Å²) < 4.78 is 2.05. The highest BCUT2D eigenvalue weighted by Gasteiger charge is 2.16. The maximum Gasteiger partial charge on any atom is 0.109 e. The minimum atomic E-state index is 0.205. The number of nitrogens with zero attached hydrogens (tertiary/aromatic N) is 2. The highest BCUT2D eigenvalue weighted by molar-refractivity contribution is 6.20. The van der Waals surface area contributed by atoms with Crippen molar-refractivity contribution in [3.63, 3.8) is 0 Å². The topological polar surface area (TPSA) is 29.9 Å². The van der Waals surface area contributed by atoms with Crippen LogP contribution in [0.25, 0.3) is 0 Å². The third-order valence-corrected chi connectivity index (χ3v) is 2.95. The standard InChI is InChI=1S/C13H24ClN3/c1-13(2,3)9-11(14)10-15-6-5-12-16-7-8-17(12)4/h7-8,11,15H,5-6,9-10H2,1-4H3. The Bertz CT molecular complexity index is 328. The molecule has 1 aromatic heterocycles. The van der Waals surface area contributed by atoms with Gasteiger partial charge in [0, 0.05) is 44.3 Å². The van der Waals surface area contributed by atoms with Gasteiger partial charge in [-0.1, -0.05) is 20.8 Å². The summed E-state index contributed by atoms with van der Waals surface area (Å²) >= 11 is 6.27. The van der Waals surface area contributed by atoms with Gasteiger partial charge in [-0.25, -0.2) is 4.98 Å². The Balaban J connectivity index is 2.14. The van der Waals surface area contributed by atoms with E-state index in [1.54, 1.807) is 0 Å². The Morgan fingerprint density at radius 1 is 1.47 bits per heavy atom. The first kappa shape index (κ1) is 14.5. The molecule has 0 fully saturated rings. The lowest BCUT2D eigenvalue weighted by Crippen LogP contribution is -2.28. The smallest absolute Gasteiger partial charge is 0.109 e. The minimum absolute atomic E-state index is 0.205. The van der Waals surface area contributed by atoms with Crippen LogP contribution in [0.15, 0.2) is 12.4 Å². The predicted octanol–water partition coefficient (Wildman–Crippen LogP) is 2.60. The SMILES string of the molecule is Cn1ccnc1CCNCC(Cl)CC(C)(C)C. The number of hydrogen-bond donors (Lipinski definition) is 1. The van der Waals surface area contributed by atoms with Crippen molar-refractivity contribution in [1.82, 2.24) is 14.9 Å². The summed E-state index contributed by atoms with van der Waals surface area (Å²) in [6.07, 6.45) is 5.78. The Morgan fingerprint density at radius 3 is 2.71 bits per heavy atom. The van der Waals surface area contributed by atoms with E-state index in [4.69, 9.17) is 11.6 Å².